The maximum Gasteiger partial charge on any atom is 0.342 e. The molecule has 4 bridgehead atoms. The summed E-state index contributed by atoms with van der Waals surface area (Å²) in [4.78, 5) is 24.5. The Morgan fingerprint density at radius 1 is 1.16 bits per heavy atom. The zero-order valence-corrected chi connectivity index (χ0v) is 14.6. The molecule has 5 heteroatoms. The molecule has 0 heterocycles. The fraction of sp³-hybridized carbons (Fsp3) is 0.600. The lowest BCUT2D eigenvalue weighted by Crippen LogP contribution is -2.60. The van der Waals surface area contributed by atoms with E-state index in [4.69, 9.17) is 4.74 Å². The third-order valence-electron chi connectivity index (χ3n) is 6.15. The summed E-state index contributed by atoms with van der Waals surface area (Å²) in [5.74, 6) is 1.22. The summed E-state index contributed by atoms with van der Waals surface area (Å²) >= 11 is 0. The van der Waals surface area contributed by atoms with Gasteiger partial charge in [-0.1, -0.05) is 11.6 Å². The molecule has 1 amide bonds. The van der Waals surface area contributed by atoms with E-state index in [1.165, 1.54) is 25.3 Å². The van der Waals surface area contributed by atoms with E-state index in [0.29, 0.717) is 0 Å². The van der Waals surface area contributed by atoms with Crippen LogP contribution in [0.25, 0.3) is 0 Å². The average Bonchev–Trinajstić information content (AvgIpc) is 2.53. The Morgan fingerprint density at radius 2 is 1.76 bits per heavy atom. The molecule has 134 valence electrons. The molecule has 0 saturated heterocycles. The van der Waals surface area contributed by atoms with Gasteiger partial charge >= 0.3 is 5.97 Å². The molecule has 4 aliphatic carbocycles. The van der Waals surface area contributed by atoms with Crippen molar-refractivity contribution in [3.63, 3.8) is 0 Å². The van der Waals surface area contributed by atoms with Crippen molar-refractivity contribution in [1.82, 2.24) is 5.32 Å². The molecule has 0 radical (unpaired) electrons. The van der Waals surface area contributed by atoms with Crippen LogP contribution in [0.3, 0.4) is 0 Å². The van der Waals surface area contributed by atoms with Gasteiger partial charge in [-0.2, -0.15) is 0 Å². The molecule has 5 rings (SSSR count). The maximum atomic E-state index is 12.4. The van der Waals surface area contributed by atoms with Gasteiger partial charge in [-0.3, -0.25) is 4.79 Å². The highest BCUT2D eigenvalue weighted by atomic mass is 16.5. The number of carbonyl (C=O) groups is 2. The van der Waals surface area contributed by atoms with Gasteiger partial charge in [0, 0.05) is 5.54 Å². The van der Waals surface area contributed by atoms with Crippen LogP contribution in [-0.2, 0) is 9.53 Å². The van der Waals surface area contributed by atoms with Crippen LogP contribution in [0.1, 0.15) is 54.4 Å². The first-order valence-corrected chi connectivity index (χ1v) is 9.20. The van der Waals surface area contributed by atoms with E-state index in [2.05, 4.69) is 5.32 Å². The van der Waals surface area contributed by atoms with Gasteiger partial charge in [0.1, 0.15) is 11.3 Å². The Balaban J connectivity index is 1.35. The van der Waals surface area contributed by atoms with Gasteiger partial charge in [0.25, 0.3) is 5.91 Å². The minimum Gasteiger partial charge on any atom is -0.507 e. The van der Waals surface area contributed by atoms with E-state index in [-0.39, 0.29) is 29.4 Å². The van der Waals surface area contributed by atoms with Crippen LogP contribution in [-0.4, -0.2) is 29.1 Å². The van der Waals surface area contributed by atoms with Crippen molar-refractivity contribution in [2.45, 2.75) is 51.0 Å². The summed E-state index contributed by atoms with van der Waals surface area (Å²) in [7, 11) is 0. The lowest BCUT2D eigenvalue weighted by atomic mass is 9.53. The van der Waals surface area contributed by atoms with Crippen molar-refractivity contribution in [3.8, 4) is 5.75 Å². The fourth-order valence-corrected chi connectivity index (χ4v) is 5.62. The van der Waals surface area contributed by atoms with Crippen molar-refractivity contribution in [1.29, 1.82) is 0 Å². The smallest absolute Gasteiger partial charge is 0.342 e. The fourth-order valence-electron chi connectivity index (χ4n) is 5.62. The summed E-state index contributed by atoms with van der Waals surface area (Å²) in [5.41, 5.74) is 0.870. The Labute approximate surface area is 147 Å². The van der Waals surface area contributed by atoms with Gasteiger partial charge in [-0.15, -0.1) is 0 Å². The Morgan fingerprint density at radius 3 is 2.36 bits per heavy atom. The monoisotopic (exact) mass is 343 g/mol. The highest BCUT2D eigenvalue weighted by Crippen LogP contribution is 2.55. The summed E-state index contributed by atoms with van der Waals surface area (Å²) in [5, 5.41) is 13.0. The quantitative estimate of drug-likeness (QED) is 0.824. The van der Waals surface area contributed by atoms with Crippen LogP contribution in [0.5, 0.6) is 5.75 Å². The second-order valence-electron chi connectivity index (χ2n) is 8.34. The van der Waals surface area contributed by atoms with Gasteiger partial charge in [-0.25, -0.2) is 4.79 Å². The van der Waals surface area contributed by atoms with Crippen LogP contribution in [0.15, 0.2) is 18.2 Å². The van der Waals surface area contributed by atoms with Gasteiger partial charge in [0.05, 0.1) is 0 Å². The van der Waals surface area contributed by atoms with Gasteiger partial charge in [0.2, 0.25) is 0 Å². The lowest BCUT2D eigenvalue weighted by Gasteiger charge is -2.56. The number of aryl methyl sites for hydroxylation is 1. The molecular formula is C20H25NO4. The third kappa shape index (κ3) is 3.24. The minimum atomic E-state index is -0.665. The molecule has 0 aromatic heterocycles. The number of rotatable bonds is 4. The zero-order valence-electron chi connectivity index (χ0n) is 14.6. The second-order valence-corrected chi connectivity index (χ2v) is 8.34. The van der Waals surface area contributed by atoms with E-state index in [0.717, 1.165) is 42.6 Å². The molecule has 4 saturated carbocycles. The molecular weight excluding hydrogens is 318 g/mol. The second kappa shape index (κ2) is 6.04. The number of phenols is 1. The van der Waals surface area contributed by atoms with Crippen molar-refractivity contribution in [2.75, 3.05) is 6.61 Å². The molecule has 4 fully saturated rings. The predicted molar refractivity (Wildman–Crippen MR) is 92.2 cm³/mol. The summed E-state index contributed by atoms with van der Waals surface area (Å²) in [6.45, 7) is 1.53. The number of hydrogen-bond acceptors (Lipinski definition) is 4. The SMILES string of the molecule is Cc1ccc(O)c(C(=O)OCC(=O)NC23CC4CC(CC(C4)C2)C3)c1. The van der Waals surface area contributed by atoms with Crippen molar-refractivity contribution in [2.24, 2.45) is 17.8 Å². The molecule has 1 aromatic carbocycles. The number of nitrogens with one attached hydrogen (secondary N) is 1. The summed E-state index contributed by atoms with van der Waals surface area (Å²) in [6.07, 6.45) is 7.15. The molecule has 5 nitrogen and oxygen atoms in total. The zero-order chi connectivity index (χ0) is 17.6. The van der Waals surface area contributed by atoms with Gasteiger partial charge < -0.3 is 15.2 Å². The van der Waals surface area contributed by atoms with E-state index in [1.807, 2.05) is 6.92 Å². The molecule has 0 atom stereocenters. The van der Waals surface area contributed by atoms with Crippen LogP contribution in [0, 0.1) is 24.7 Å². The van der Waals surface area contributed by atoms with E-state index in [1.54, 1.807) is 12.1 Å². The lowest BCUT2D eigenvalue weighted by molar-refractivity contribution is -0.130. The number of phenolic OH excluding ortho intramolecular Hbond substituents is 1. The standard InChI is InChI=1S/C20H25NO4/c1-12-2-3-17(22)16(4-12)19(24)25-11-18(23)21-20-8-13-5-14(9-20)7-15(6-13)10-20/h2-4,13-15,22H,5-11H2,1H3,(H,21,23). The maximum absolute atomic E-state index is 12.4. The Bertz CT molecular complexity index is 676. The highest BCUT2D eigenvalue weighted by Gasteiger charge is 2.51. The van der Waals surface area contributed by atoms with Crippen LogP contribution >= 0.6 is 0 Å². The van der Waals surface area contributed by atoms with Crippen LogP contribution in [0.2, 0.25) is 0 Å². The third-order valence-corrected chi connectivity index (χ3v) is 6.15. The number of esters is 1. The summed E-state index contributed by atoms with van der Waals surface area (Å²) in [6, 6.07) is 4.74. The molecule has 0 spiro atoms. The first-order valence-electron chi connectivity index (χ1n) is 9.20. The highest BCUT2D eigenvalue weighted by molar-refractivity contribution is 5.94. The van der Waals surface area contributed by atoms with Crippen molar-refractivity contribution < 1.29 is 19.4 Å². The predicted octanol–water partition coefficient (Wildman–Crippen LogP) is 2.94. The molecule has 25 heavy (non-hydrogen) atoms. The number of amides is 1. The normalized spacial score (nSPS) is 32.4. The number of benzene rings is 1. The molecule has 4 aliphatic rings. The van der Waals surface area contributed by atoms with E-state index >= 15 is 0 Å². The molecule has 1 aromatic rings. The van der Waals surface area contributed by atoms with E-state index < -0.39 is 5.97 Å². The molecule has 0 unspecified atom stereocenters. The number of ether oxygens (including phenoxy) is 1. The van der Waals surface area contributed by atoms with E-state index in [9.17, 15) is 14.7 Å². The largest absolute Gasteiger partial charge is 0.507 e. The number of carbonyl (C=O) groups excluding carboxylic acids is 2. The topological polar surface area (TPSA) is 75.6 Å². The number of hydrogen-bond donors (Lipinski definition) is 2. The first kappa shape index (κ1) is 16.4. The first-order chi connectivity index (χ1) is 11.9. The molecule has 0 aliphatic heterocycles. The van der Waals surface area contributed by atoms with Crippen molar-refractivity contribution in [3.05, 3.63) is 29.3 Å². The van der Waals surface area contributed by atoms with Crippen LogP contribution in [0.4, 0.5) is 0 Å². The average molecular weight is 343 g/mol. The molecule has 2 N–H and O–H groups in total. The van der Waals surface area contributed by atoms with Crippen molar-refractivity contribution >= 4 is 11.9 Å². The van der Waals surface area contributed by atoms with Gasteiger partial charge in [0.15, 0.2) is 6.61 Å². The summed E-state index contributed by atoms with van der Waals surface area (Å²) < 4.78 is 5.13. The number of aromatic hydroxyl groups is 1. The van der Waals surface area contributed by atoms with Crippen LogP contribution < -0.4 is 5.32 Å². The Hall–Kier alpha value is -2.04. The van der Waals surface area contributed by atoms with Gasteiger partial charge in [-0.05, 0) is 75.3 Å². The minimum absolute atomic E-state index is 0.0796. The Kier molecular flexibility index (Phi) is 3.97.